The van der Waals surface area contributed by atoms with Crippen molar-refractivity contribution >= 4 is 12.1 Å². The summed E-state index contributed by atoms with van der Waals surface area (Å²) in [6.45, 7) is 0.214. The van der Waals surface area contributed by atoms with Gasteiger partial charge in [0.05, 0.1) is 19.8 Å². The van der Waals surface area contributed by atoms with Crippen LogP contribution in [0.4, 0.5) is 4.79 Å². The fourth-order valence-corrected chi connectivity index (χ4v) is 1.54. The fraction of sp³-hybridized carbons (Fsp3) is 0.750. The van der Waals surface area contributed by atoms with Gasteiger partial charge in [-0.2, -0.15) is 0 Å². The summed E-state index contributed by atoms with van der Waals surface area (Å²) in [5.41, 5.74) is 0. The lowest BCUT2D eigenvalue weighted by atomic mass is 10.2. The minimum absolute atomic E-state index is 0.214. The van der Waals surface area contributed by atoms with E-state index < -0.39 is 18.1 Å². The Morgan fingerprint density at radius 1 is 1.43 bits per heavy atom. The first-order chi connectivity index (χ1) is 6.60. The van der Waals surface area contributed by atoms with Gasteiger partial charge in [0.1, 0.15) is 6.04 Å². The lowest BCUT2D eigenvalue weighted by Crippen LogP contribution is -2.40. The maximum atomic E-state index is 11.2. The number of carboxylic acid groups (broad SMARTS) is 1. The maximum absolute atomic E-state index is 11.2. The molecule has 1 saturated heterocycles. The number of rotatable bonds is 2. The fourth-order valence-electron chi connectivity index (χ4n) is 1.54. The zero-order chi connectivity index (χ0) is 10.7. The smallest absolute Gasteiger partial charge is 0.408 e. The van der Waals surface area contributed by atoms with E-state index in [0.717, 1.165) is 4.90 Å². The van der Waals surface area contributed by atoms with Crippen LogP contribution in [0.3, 0.4) is 0 Å². The van der Waals surface area contributed by atoms with Gasteiger partial charge in [-0.25, -0.2) is 9.59 Å². The van der Waals surface area contributed by atoms with Crippen LogP contribution in [0.2, 0.25) is 0 Å². The van der Waals surface area contributed by atoms with Crippen molar-refractivity contribution in [1.82, 2.24) is 4.90 Å². The van der Waals surface area contributed by atoms with Crippen LogP contribution in [-0.4, -0.2) is 55.0 Å². The highest BCUT2D eigenvalue weighted by Gasteiger charge is 2.40. The predicted octanol–water partition coefficient (Wildman–Crippen LogP) is -0.0733. The Kier molecular flexibility index (Phi) is 3.29. The number of hydrogen-bond donors (Lipinski definition) is 1. The van der Waals surface area contributed by atoms with E-state index in [2.05, 4.69) is 4.74 Å². The molecule has 6 heteroatoms. The molecule has 1 heterocycles. The third-order valence-corrected chi connectivity index (χ3v) is 2.32. The number of nitrogens with zero attached hydrogens (tertiary/aromatic N) is 1. The predicted molar refractivity (Wildman–Crippen MR) is 45.9 cm³/mol. The van der Waals surface area contributed by atoms with E-state index in [1.807, 2.05) is 0 Å². The normalized spacial score (nSPS) is 26.3. The first-order valence-electron chi connectivity index (χ1n) is 4.20. The van der Waals surface area contributed by atoms with Gasteiger partial charge in [0, 0.05) is 13.5 Å². The molecule has 0 aromatic heterocycles. The van der Waals surface area contributed by atoms with Crippen molar-refractivity contribution in [2.45, 2.75) is 18.6 Å². The van der Waals surface area contributed by atoms with Gasteiger partial charge in [-0.1, -0.05) is 0 Å². The lowest BCUT2D eigenvalue weighted by Gasteiger charge is -2.18. The summed E-state index contributed by atoms with van der Waals surface area (Å²) in [5.74, 6) is -0.535. The van der Waals surface area contributed by atoms with Gasteiger partial charge in [0.25, 0.3) is 0 Å². The van der Waals surface area contributed by atoms with Crippen LogP contribution < -0.4 is 0 Å². The molecule has 0 spiro atoms. The first-order valence-corrected chi connectivity index (χ1v) is 4.20. The molecule has 0 aromatic rings. The molecule has 0 saturated carbocycles. The van der Waals surface area contributed by atoms with Crippen LogP contribution in [0, 0.1) is 0 Å². The quantitative estimate of drug-likeness (QED) is 0.635. The van der Waals surface area contributed by atoms with Crippen molar-refractivity contribution in [3.63, 3.8) is 0 Å². The molecule has 0 aliphatic carbocycles. The van der Waals surface area contributed by atoms with Gasteiger partial charge in [-0.3, -0.25) is 4.90 Å². The monoisotopic (exact) mass is 203 g/mol. The van der Waals surface area contributed by atoms with Gasteiger partial charge < -0.3 is 14.6 Å². The van der Waals surface area contributed by atoms with Crippen molar-refractivity contribution in [3.8, 4) is 0 Å². The van der Waals surface area contributed by atoms with E-state index in [4.69, 9.17) is 9.84 Å². The molecule has 0 unspecified atom stereocenters. The van der Waals surface area contributed by atoms with E-state index in [1.165, 1.54) is 14.2 Å². The summed E-state index contributed by atoms with van der Waals surface area (Å²) in [5, 5.41) is 8.80. The molecule has 1 N–H and O–H groups in total. The number of methoxy groups -OCH3 is 2. The van der Waals surface area contributed by atoms with Crippen molar-refractivity contribution < 1.29 is 24.2 Å². The summed E-state index contributed by atoms with van der Waals surface area (Å²) in [4.78, 5) is 23.0. The summed E-state index contributed by atoms with van der Waals surface area (Å²) < 4.78 is 9.51. The molecule has 1 aliphatic heterocycles. The number of carbonyl (C=O) groups excluding carboxylic acids is 1. The molecule has 1 rings (SSSR count). The number of likely N-dealkylation sites (tertiary alicyclic amines) is 1. The SMILES string of the molecule is COC(=O)[C@@H]1C[C@@H](OC)CN1C(=O)O. The number of amides is 1. The second-order valence-electron chi connectivity index (χ2n) is 3.07. The molecule has 14 heavy (non-hydrogen) atoms. The van der Waals surface area contributed by atoms with Crippen molar-refractivity contribution in [1.29, 1.82) is 0 Å². The standard InChI is InChI=1S/C8H13NO5/c1-13-5-3-6(7(10)14-2)9(4-5)8(11)12/h5-6H,3-4H2,1-2H3,(H,11,12)/t5-,6+/m1/s1. The van der Waals surface area contributed by atoms with E-state index in [0.29, 0.717) is 6.42 Å². The van der Waals surface area contributed by atoms with Crippen LogP contribution >= 0.6 is 0 Å². The molecule has 2 atom stereocenters. The van der Waals surface area contributed by atoms with Gasteiger partial charge in [-0.05, 0) is 0 Å². The van der Waals surface area contributed by atoms with Crippen LogP contribution in [0.5, 0.6) is 0 Å². The average Bonchev–Trinajstić information content (AvgIpc) is 2.60. The zero-order valence-electron chi connectivity index (χ0n) is 8.10. The minimum Gasteiger partial charge on any atom is -0.467 e. The van der Waals surface area contributed by atoms with Gasteiger partial charge >= 0.3 is 12.1 Å². The number of hydrogen-bond acceptors (Lipinski definition) is 4. The Labute approximate surface area is 81.4 Å². The minimum atomic E-state index is -1.13. The van der Waals surface area contributed by atoms with Crippen LogP contribution in [0.25, 0.3) is 0 Å². The van der Waals surface area contributed by atoms with Crippen LogP contribution in [0.1, 0.15) is 6.42 Å². The first kappa shape index (κ1) is 10.8. The largest absolute Gasteiger partial charge is 0.467 e. The summed E-state index contributed by atoms with van der Waals surface area (Å²) in [7, 11) is 2.73. The van der Waals surface area contributed by atoms with E-state index in [1.54, 1.807) is 0 Å². The average molecular weight is 203 g/mol. The number of carbonyl (C=O) groups is 2. The second kappa shape index (κ2) is 4.28. The second-order valence-corrected chi connectivity index (χ2v) is 3.07. The molecule has 80 valence electrons. The summed E-state index contributed by atoms with van der Waals surface area (Å²) in [6.07, 6.45) is -0.995. The summed E-state index contributed by atoms with van der Waals surface area (Å²) in [6, 6.07) is -0.734. The summed E-state index contributed by atoms with van der Waals surface area (Å²) >= 11 is 0. The molecular weight excluding hydrogens is 190 g/mol. The highest BCUT2D eigenvalue weighted by atomic mass is 16.5. The molecule has 0 aromatic carbocycles. The van der Waals surface area contributed by atoms with Crippen LogP contribution in [-0.2, 0) is 14.3 Å². The number of esters is 1. The van der Waals surface area contributed by atoms with E-state index in [9.17, 15) is 9.59 Å². The molecule has 1 fully saturated rings. The molecule has 0 bridgehead atoms. The zero-order valence-corrected chi connectivity index (χ0v) is 8.10. The highest BCUT2D eigenvalue weighted by molar-refractivity contribution is 5.81. The molecular formula is C8H13NO5. The van der Waals surface area contributed by atoms with Crippen molar-refractivity contribution in [2.75, 3.05) is 20.8 Å². The Bertz CT molecular complexity index is 242. The van der Waals surface area contributed by atoms with E-state index in [-0.39, 0.29) is 12.6 Å². The Morgan fingerprint density at radius 2 is 2.07 bits per heavy atom. The lowest BCUT2D eigenvalue weighted by molar-refractivity contribution is -0.145. The molecule has 6 nitrogen and oxygen atoms in total. The van der Waals surface area contributed by atoms with E-state index >= 15 is 0 Å². The molecule has 1 amide bonds. The van der Waals surface area contributed by atoms with Gasteiger partial charge in [-0.15, -0.1) is 0 Å². The van der Waals surface area contributed by atoms with Crippen LogP contribution in [0.15, 0.2) is 0 Å². The molecule has 1 aliphatic rings. The highest BCUT2D eigenvalue weighted by Crippen LogP contribution is 2.20. The van der Waals surface area contributed by atoms with Gasteiger partial charge in [0.15, 0.2) is 0 Å². The van der Waals surface area contributed by atoms with Crippen molar-refractivity contribution in [3.05, 3.63) is 0 Å². The third-order valence-electron chi connectivity index (χ3n) is 2.32. The molecule has 0 radical (unpaired) electrons. The topological polar surface area (TPSA) is 76.1 Å². The third kappa shape index (κ3) is 1.95. The number of ether oxygens (including phenoxy) is 2. The van der Waals surface area contributed by atoms with Gasteiger partial charge in [0.2, 0.25) is 0 Å². The maximum Gasteiger partial charge on any atom is 0.408 e. The Morgan fingerprint density at radius 3 is 2.50 bits per heavy atom. The Balaban J connectivity index is 2.71. The Hall–Kier alpha value is -1.30. The van der Waals surface area contributed by atoms with Crippen molar-refractivity contribution in [2.24, 2.45) is 0 Å².